The number of amides is 1. The molecular formula is C24H21ClN6O. The van der Waals surface area contributed by atoms with Crippen LogP contribution < -0.4 is 21.9 Å². The zero-order chi connectivity index (χ0) is 22.3. The first-order chi connectivity index (χ1) is 15.6. The van der Waals surface area contributed by atoms with Crippen molar-refractivity contribution in [2.45, 2.75) is 5.92 Å². The lowest BCUT2D eigenvalue weighted by atomic mass is 9.91. The molecule has 0 bridgehead atoms. The number of aromatic nitrogens is 2. The van der Waals surface area contributed by atoms with Gasteiger partial charge in [-0.1, -0.05) is 78.3 Å². The molecule has 0 radical (unpaired) electrons. The number of hydrogen-bond donors (Lipinski definition) is 4. The van der Waals surface area contributed by atoms with Gasteiger partial charge in [-0.05, 0) is 29.3 Å². The summed E-state index contributed by atoms with van der Waals surface area (Å²) in [5, 5.41) is 3.69. The predicted molar refractivity (Wildman–Crippen MR) is 128 cm³/mol. The molecule has 0 saturated carbocycles. The number of rotatable bonds is 7. The van der Waals surface area contributed by atoms with Crippen molar-refractivity contribution in [3.63, 3.8) is 0 Å². The molecule has 7 nitrogen and oxygen atoms in total. The smallest absolute Gasteiger partial charge is 0.250 e. The molecule has 160 valence electrons. The number of nitrogens with zero attached hydrogens (tertiary/aromatic N) is 2. The van der Waals surface area contributed by atoms with Crippen LogP contribution in [0.3, 0.4) is 0 Å². The van der Waals surface area contributed by atoms with Gasteiger partial charge in [0.05, 0.1) is 5.92 Å². The Balaban J connectivity index is 1.52. The number of carbonyl (C=O) groups excluding carboxylic acids is 1. The normalized spacial score (nSPS) is 10.6. The van der Waals surface area contributed by atoms with Crippen molar-refractivity contribution in [2.75, 3.05) is 16.5 Å². The van der Waals surface area contributed by atoms with Crippen LogP contribution in [0, 0.1) is 0 Å². The quantitative estimate of drug-likeness (QED) is 0.307. The van der Waals surface area contributed by atoms with E-state index in [0.717, 1.165) is 16.8 Å². The average Bonchev–Trinajstić information content (AvgIpc) is 2.81. The van der Waals surface area contributed by atoms with Gasteiger partial charge in [0.1, 0.15) is 12.0 Å². The largest absolute Gasteiger partial charge is 0.393 e. The van der Waals surface area contributed by atoms with E-state index in [4.69, 9.17) is 17.3 Å². The molecule has 8 heteroatoms. The van der Waals surface area contributed by atoms with Gasteiger partial charge in [0.15, 0.2) is 11.6 Å². The summed E-state index contributed by atoms with van der Waals surface area (Å²) in [7, 11) is 0. The Morgan fingerprint density at radius 1 is 0.844 bits per heavy atom. The maximum atomic E-state index is 13.2. The highest BCUT2D eigenvalue weighted by Gasteiger charge is 2.23. The Kier molecular flexibility index (Phi) is 6.48. The lowest BCUT2D eigenvalue weighted by molar-refractivity contribution is -0.121. The summed E-state index contributed by atoms with van der Waals surface area (Å²) in [5.41, 5.74) is 14.5. The number of benzene rings is 3. The van der Waals surface area contributed by atoms with E-state index in [1.807, 2.05) is 72.8 Å². The Hall–Kier alpha value is -4.10. The summed E-state index contributed by atoms with van der Waals surface area (Å²) in [6, 6.07) is 26.3. The maximum Gasteiger partial charge on any atom is 0.250 e. The molecule has 1 heterocycles. The van der Waals surface area contributed by atoms with Crippen molar-refractivity contribution < 1.29 is 4.79 Å². The minimum absolute atomic E-state index is 0.246. The molecule has 0 aliphatic carbocycles. The third-order valence-corrected chi connectivity index (χ3v) is 5.04. The summed E-state index contributed by atoms with van der Waals surface area (Å²) >= 11 is 6.03. The molecule has 1 aromatic heterocycles. The molecule has 0 unspecified atom stereocenters. The van der Waals surface area contributed by atoms with Crippen LogP contribution in [0.5, 0.6) is 0 Å². The highest BCUT2D eigenvalue weighted by molar-refractivity contribution is 6.30. The highest BCUT2D eigenvalue weighted by atomic mass is 35.5. The van der Waals surface area contributed by atoms with E-state index in [1.165, 1.54) is 6.33 Å². The topological polar surface area (TPSA) is 105 Å². The molecule has 32 heavy (non-hydrogen) atoms. The second-order valence-electron chi connectivity index (χ2n) is 6.99. The summed E-state index contributed by atoms with van der Waals surface area (Å²) in [4.78, 5) is 21.5. The van der Waals surface area contributed by atoms with Gasteiger partial charge in [-0.3, -0.25) is 15.6 Å². The molecule has 4 aromatic rings. The van der Waals surface area contributed by atoms with Crippen molar-refractivity contribution >= 4 is 40.5 Å². The minimum atomic E-state index is -0.503. The summed E-state index contributed by atoms with van der Waals surface area (Å²) in [5.74, 6) is -0.0822. The van der Waals surface area contributed by atoms with Crippen molar-refractivity contribution in [3.05, 3.63) is 107 Å². The summed E-state index contributed by atoms with van der Waals surface area (Å²) in [6.45, 7) is 0. The first-order valence-corrected chi connectivity index (χ1v) is 10.3. The fourth-order valence-corrected chi connectivity index (χ4v) is 3.47. The number of nitrogens with two attached hydrogens (primary N) is 1. The SMILES string of the molecule is Nc1c(NNC(=O)C(c2ccccc2)c2ccccc2)ncnc1Nc1cccc(Cl)c1. The zero-order valence-electron chi connectivity index (χ0n) is 17.0. The van der Waals surface area contributed by atoms with Crippen LogP contribution in [0.25, 0.3) is 0 Å². The molecule has 0 atom stereocenters. The van der Waals surface area contributed by atoms with Crippen LogP contribution in [-0.4, -0.2) is 15.9 Å². The van der Waals surface area contributed by atoms with E-state index < -0.39 is 5.92 Å². The van der Waals surface area contributed by atoms with Crippen molar-refractivity contribution in [1.29, 1.82) is 0 Å². The molecule has 5 N–H and O–H groups in total. The molecule has 3 aromatic carbocycles. The van der Waals surface area contributed by atoms with Crippen molar-refractivity contribution in [1.82, 2.24) is 15.4 Å². The van der Waals surface area contributed by atoms with Gasteiger partial charge in [0.2, 0.25) is 5.91 Å². The van der Waals surface area contributed by atoms with E-state index in [1.54, 1.807) is 12.1 Å². The zero-order valence-corrected chi connectivity index (χ0v) is 17.8. The summed E-state index contributed by atoms with van der Waals surface area (Å²) < 4.78 is 0. The molecule has 0 aliphatic rings. The molecule has 1 amide bonds. The third kappa shape index (κ3) is 4.96. The van der Waals surface area contributed by atoms with E-state index in [-0.39, 0.29) is 17.4 Å². The predicted octanol–water partition coefficient (Wildman–Crippen LogP) is 4.73. The van der Waals surface area contributed by atoms with Crippen LogP contribution in [-0.2, 0) is 4.79 Å². The number of halogens is 1. The Labute approximate surface area is 190 Å². The fourth-order valence-electron chi connectivity index (χ4n) is 3.28. The fraction of sp³-hybridized carbons (Fsp3) is 0.0417. The molecule has 0 fully saturated rings. The minimum Gasteiger partial charge on any atom is -0.393 e. The van der Waals surface area contributed by atoms with Gasteiger partial charge < -0.3 is 11.1 Å². The van der Waals surface area contributed by atoms with Gasteiger partial charge in [0.25, 0.3) is 0 Å². The van der Waals surface area contributed by atoms with E-state index in [0.29, 0.717) is 10.8 Å². The van der Waals surface area contributed by atoms with Crippen LogP contribution in [0.4, 0.5) is 23.0 Å². The number of hydrogen-bond acceptors (Lipinski definition) is 6. The second kappa shape index (κ2) is 9.80. The van der Waals surface area contributed by atoms with Gasteiger partial charge >= 0.3 is 0 Å². The monoisotopic (exact) mass is 444 g/mol. The Morgan fingerprint density at radius 2 is 1.47 bits per heavy atom. The van der Waals surface area contributed by atoms with Crippen LogP contribution in [0.1, 0.15) is 17.0 Å². The first-order valence-electron chi connectivity index (χ1n) is 9.90. The van der Waals surface area contributed by atoms with E-state index in [9.17, 15) is 4.79 Å². The van der Waals surface area contributed by atoms with Crippen LogP contribution in [0.2, 0.25) is 5.02 Å². The molecular weight excluding hydrogens is 424 g/mol. The van der Waals surface area contributed by atoms with Crippen molar-refractivity contribution in [2.24, 2.45) is 0 Å². The lowest BCUT2D eigenvalue weighted by Gasteiger charge is -2.19. The number of nitrogens with one attached hydrogen (secondary N) is 3. The lowest BCUT2D eigenvalue weighted by Crippen LogP contribution is -2.35. The van der Waals surface area contributed by atoms with Crippen molar-refractivity contribution in [3.8, 4) is 0 Å². The van der Waals surface area contributed by atoms with Gasteiger partial charge in [0, 0.05) is 10.7 Å². The first kappa shape index (κ1) is 21.1. The number of anilines is 4. The van der Waals surface area contributed by atoms with Gasteiger partial charge in [-0.15, -0.1) is 0 Å². The number of carbonyl (C=O) groups is 1. The molecule has 0 spiro atoms. The second-order valence-corrected chi connectivity index (χ2v) is 7.42. The third-order valence-electron chi connectivity index (χ3n) is 4.80. The van der Waals surface area contributed by atoms with E-state index in [2.05, 4.69) is 26.1 Å². The standard InChI is InChI=1S/C24H21ClN6O/c25-18-12-7-13-19(14-18)29-22-21(26)23(28-15-27-22)30-31-24(32)20(16-8-3-1-4-9-16)17-10-5-2-6-11-17/h1-15,20H,26H2,(H,31,32)(H2,27,28,29,30). The van der Waals surface area contributed by atoms with Crippen LogP contribution >= 0.6 is 11.6 Å². The number of hydrazine groups is 1. The molecule has 0 aliphatic heterocycles. The Bertz CT molecular complexity index is 1160. The number of nitrogen functional groups attached to an aromatic ring is 1. The van der Waals surface area contributed by atoms with Gasteiger partial charge in [-0.2, -0.15) is 0 Å². The summed E-state index contributed by atoms with van der Waals surface area (Å²) in [6.07, 6.45) is 1.35. The maximum absolute atomic E-state index is 13.2. The molecule has 4 rings (SSSR count). The molecule has 0 saturated heterocycles. The average molecular weight is 445 g/mol. The highest BCUT2D eigenvalue weighted by Crippen LogP contribution is 2.28. The van der Waals surface area contributed by atoms with Crippen LogP contribution in [0.15, 0.2) is 91.3 Å². The van der Waals surface area contributed by atoms with Gasteiger partial charge in [-0.25, -0.2) is 9.97 Å². The Morgan fingerprint density at radius 3 is 2.09 bits per heavy atom. The van der Waals surface area contributed by atoms with E-state index >= 15 is 0 Å².